The lowest BCUT2D eigenvalue weighted by molar-refractivity contribution is -0.127. The highest BCUT2D eigenvalue weighted by atomic mass is 32.2. The molecule has 1 atom stereocenters. The molecule has 1 saturated carbocycles. The summed E-state index contributed by atoms with van der Waals surface area (Å²) < 4.78 is 31.7. The fourth-order valence-corrected chi connectivity index (χ4v) is 5.34. The Hall–Kier alpha value is -0.660. The molecule has 1 aliphatic carbocycles. The van der Waals surface area contributed by atoms with Crippen molar-refractivity contribution < 1.29 is 17.9 Å². The molecule has 0 radical (unpaired) electrons. The molecular weight excluding hydrogens is 292 g/mol. The van der Waals surface area contributed by atoms with Gasteiger partial charge in [-0.1, -0.05) is 32.1 Å². The Balaban J connectivity index is 1.74. The molecule has 2 saturated heterocycles. The minimum Gasteiger partial charge on any atom is -0.378 e. The second kappa shape index (κ2) is 6.22. The van der Waals surface area contributed by atoms with Gasteiger partial charge in [0.05, 0.1) is 13.2 Å². The number of piperazine rings is 1. The third-order valence-corrected chi connectivity index (χ3v) is 7.12. The zero-order valence-corrected chi connectivity index (χ0v) is 13.1. The van der Waals surface area contributed by atoms with Gasteiger partial charge in [0.25, 0.3) is 0 Å². The topological polar surface area (TPSA) is 75.7 Å². The molecule has 120 valence electrons. The number of hydrogen-bond acceptors (Lipinski definition) is 4. The molecule has 7 heteroatoms. The molecule has 3 aliphatic rings. The minimum atomic E-state index is -3.41. The summed E-state index contributed by atoms with van der Waals surface area (Å²) in [5.41, 5.74) is 0. The number of carbonyl (C=O) groups excluding carboxylic acids is 1. The lowest BCUT2D eigenvalue weighted by Crippen LogP contribution is -2.61. The van der Waals surface area contributed by atoms with Crippen molar-refractivity contribution in [3.8, 4) is 0 Å². The minimum absolute atomic E-state index is 0.129. The van der Waals surface area contributed by atoms with Crippen molar-refractivity contribution in [3.63, 3.8) is 0 Å². The fourth-order valence-electron chi connectivity index (χ4n) is 3.54. The highest BCUT2D eigenvalue weighted by molar-refractivity contribution is 7.89. The lowest BCUT2D eigenvalue weighted by Gasteiger charge is -2.40. The maximum absolute atomic E-state index is 12.6. The maximum Gasteiger partial charge on any atom is 0.238 e. The Morgan fingerprint density at radius 3 is 2.52 bits per heavy atom. The molecule has 1 unspecified atom stereocenters. The SMILES string of the molecule is O=C1NCCN(S(=O)(=O)C2COC2)C1CC1CCCCC1. The Morgan fingerprint density at radius 2 is 1.90 bits per heavy atom. The van der Waals surface area contributed by atoms with Crippen molar-refractivity contribution in [2.45, 2.75) is 49.8 Å². The quantitative estimate of drug-likeness (QED) is 0.819. The molecular formula is C14H24N2O4S. The third-order valence-electron chi connectivity index (χ3n) is 4.92. The molecule has 3 fully saturated rings. The van der Waals surface area contributed by atoms with Crippen LogP contribution < -0.4 is 5.32 Å². The van der Waals surface area contributed by atoms with Gasteiger partial charge in [-0.2, -0.15) is 4.31 Å². The normalized spacial score (nSPS) is 29.9. The summed E-state index contributed by atoms with van der Waals surface area (Å²) in [4.78, 5) is 12.2. The molecule has 2 heterocycles. The van der Waals surface area contributed by atoms with Gasteiger partial charge in [-0.15, -0.1) is 0 Å². The van der Waals surface area contributed by atoms with E-state index in [1.165, 1.54) is 23.6 Å². The van der Waals surface area contributed by atoms with Gasteiger partial charge in [0.1, 0.15) is 11.3 Å². The second-order valence-electron chi connectivity index (χ2n) is 6.36. The summed E-state index contributed by atoms with van der Waals surface area (Å²) in [6.07, 6.45) is 6.55. The molecule has 1 amide bonds. The highest BCUT2D eigenvalue weighted by Gasteiger charge is 2.44. The van der Waals surface area contributed by atoms with E-state index in [0.29, 0.717) is 25.4 Å². The summed E-state index contributed by atoms with van der Waals surface area (Å²) in [6, 6.07) is -0.521. The molecule has 0 bridgehead atoms. The van der Waals surface area contributed by atoms with Crippen molar-refractivity contribution in [3.05, 3.63) is 0 Å². The highest BCUT2D eigenvalue weighted by Crippen LogP contribution is 2.31. The van der Waals surface area contributed by atoms with E-state index in [1.54, 1.807) is 0 Å². The Labute approximate surface area is 126 Å². The standard InChI is InChI=1S/C14H24N2O4S/c17-14-13(8-11-4-2-1-3-5-11)16(7-6-15-14)21(18,19)12-9-20-10-12/h11-13H,1-10H2,(H,15,17). The number of hydrogen-bond donors (Lipinski definition) is 1. The Bertz CT molecular complexity index is 483. The largest absolute Gasteiger partial charge is 0.378 e. The number of carbonyl (C=O) groups is 1. The monoisotopic (exact) mass is 316 g/mol. The predicted octanol–water partition coefficient (Wildman–Crippen LogP) is 0.486. The van der Waals surface area contributed by atoms with Crippen LogP contribution in [0.1, 0.15) is 38.5 Å². The fraction of sp³-hybridized carbons (Fsp3) is 0.929. The van der Waals surface area contributed by atoms with Crippen LogP contribution in [0.25, 0.3) is 0 Å². The van der Waals surface area contributed by atoms with Gasteiger partial charge in [0.15, 0.2) is 0 Å². The molecule has 21 heavy (non-hydrogen) atoms. The lowest BCUT2D eigenvalue weighted by atomic mass is 9.84. The average Bonchev–Trinajstić information content (AvgIpc) is 2.39. The molecule has 0 aromatic carbocycles. The van der Waals surface area contributed by atoms with Gasteiger partial charge in [-0.25, -0.2) is 8.42 Å². The van der Waals surface area contributed by atoms with Crippen molar-refractivity contribution in [1.29, 1.82) is 0 Å². The summed E-state index contributed by atoms with van der Waals surface area (Å²) >= 11 is 0. The van der Waals surface area contributed by atoms with E-state index in [1.807, 2.05) is 0 Å². The molecule has 0 aromatic heterocycles. The first-order valence-corrected chi connectivity index (χ1v) is 9.45. The van der Waals surface area contributed by atoms with Crippen LogP contribution in [0.2, 0.25) is 0 Å². The van der Waals surface area contributed by atoms with Crippen LogP contribution >= 0.6 is 0 Å². The van der Waals surface area contributed by atoms with E-state index < -0.39 is 21.3 Å². The van der Waals surface area contributed by atoms with Crippen LogP contribution in [0, 0.1) is 5.92 Å². The van der Waals surface area contributed by atoms with Crippen LogP contribution in [0.5, 0.6) is 0 Å². The summed E-state index contributed by atoms with van der Waals surface area (Å²) in [5.74, 6) is 0.346. The Kier molecular flexibility index (Phi) is 4.51. The van der Waals surface area contributed by atoms with Gasteiger partial charge >= 0.3 is 0 Å². The molecule has 1 N–H and O–H groups in total. The van der Waals surface area contributed by atoms with Crippen LogP contribution in [0.3, 0.4) is 0 Å². The zero-order chi connectivity index (χ0) is 14.9. The van der Waals surface area contributed by atoms with Crippen molar-refractivity contribution in [2.75, 3.05) is 26.3 Å². The van der Waals surface area contributed by atoms with Crippen molar-refractivity contribution in [2.24, 2.45) is 5.92 Å². The molecule has 3 rings (SSSR count). The predicted molar refractivity (Wildman–Crippen MR) is 78.2 cm³/mol. The number of rotatable bonds is 4. The number of ether oxygens (including phenoxy) is 1. The number of sulfonamides is 1. The summed E-state index contributed by atoms with van der Waals surface area (Å²) in [6.45, 7) is 1.32. The number of nitrogens with zero attached hydrogens (tertiary/aromatic N) is 1. The smallest absolute Gasteiger partial charge is 0.238 e. The van der Waals surface area contributed by atoms with Crippen LogP contribution in [-0.4, -0.2) is 56.2 Å². The first-order valence-electron chi connectivity index (χ1n) is 7.95. The first-order chi connectivity index (χ1) is 10.1. The van der Waals surface area contributed by atoms with Gasteiger partial charge in [0, 0.05) is 13.1 Å². The van der Waals surface area contributed by atoms with Crippen LogP contribution in [0.4, 0.5) is 0 Å². The third kappa shape index (κ3) is 3.10. The van der Waals surface area contributed by atoms with Crippen LogP contribution in [0.15, 0.2) is 0 Å². The molecule has 2 aliphatic heterocycles. The number of amides is 1. The van der Waals surface area contributed by atoms with E-state index in [4.69, 9.17) is 4.74 Å². The van der Waals surface area contributed by atoms with Gasteiger partial charge in [0.2, 0.25) is 15.9 Å². The van der Waals surface area contributed by atoms with Crippen molar-refractivity contribution in [1.82, 2.24) is 9.62 Å². The molecule has 0 spiro atoms. The van der Waals surface area contributed by atoms with E-state index in [-0.39, 0.29) is 19.1 Å². The summed E-state index contributed by atoms with van der Waals surface area (Å²) in [5, 5.41) is 2.36. The summed E-state index contributed by atoms with van der Waals surface area (Å²) in [7, 11) is -3.41. The van der Waals surface area contributed by atoms with Gasteiger partial charge in [-0.3, -0.25) is 4.79 Å². The van der Waals surface area contributed by atoms with E-state index >= 15 is 0 Å². The van der Waals surface area contributed by atoms with E-state index in [2.05, 4.69) is 5.32 Å². The first kappa shape index (κ1) is 15.2. The van der Waals surface area contributed by atoms with Crippen molar-refractivity contribution >= 4 is 15.9 Å². The molecule has 0 aromatic rings. The molecule has 6 nitrogen and oxygen atoms in total. The Morgan fingerprint density at radius 1 is 1.19 bits per heavy atom. The van der Waals surface area contributed by atoms with Gasteiger partial charge in [-0.05, 0) is 12.3 Å². The average molecular weight is 316 g/mol. The van der Waals surface area contributed by atoms with Crippen LogP contribution in [-0.2, 0) is 19.6 Å². The van der Waals surface area contributed by atoms with E-state index in [9.17, 15) is 13.2 Å². The van der Waals surface area contributed by atoms with Gasteiger partial charge < -0.3 is 10.1 Å². The second-order valence-corrected chi connectivity index (χ2v) is 8.53. The maximum atomic E-state index is 12.6. The number of nitrogens with one attached hydrogen (secondary N) is 1. The van der Waals surface area contributed by atoms with E-state index in [0.717, 1.165) is 12.8 Å². The zero-order valence-electron chi connectivity index (χ0n) is 12.3.